The number of H-pyrrole nitrogens is 1. The van der Waals surface area contributed by atoms with Crippen LogP contribution in [0.15, 0.2) is 65.8 Å². The van der Waals surface area contributed by atoms with Gasteiger partial charge in [-0.25, -0.2) is 0 Å². The smallest absolute Gasteiger partial charge is 0.245 e. The Morgan fingerprint density at radius 2 is 1.60 bits per heavy atom. The van der Waals surface area contributed by atoms with E-state index >= 15 is 0 Å². The first-order chi connectivity index (χ1) is 30.2. The van der Waals surface area contributed by atoms with Crippen molar-refractivity contribution in [1.29, 1.82) is 0 Å². The van der Waals surface area contributed by atoms with Gasteiger partial charge >= 0.3 is 0 Å². The largest absolute Gasteiger partial charge is 0.370 e. The molecule has 5 rings (SSSR count). The summed E-state index contributed by atoms with van der Waals surface area (Å²) in [7, 11) is 0. The molecule has 2 aromatic carbocycles. The van der Waals surface area contributed by atoms with Crippen LogP contribution in [0.1, 0.15) is 75.8 Å². The molecule has 19 heteroatoms. The monoisotopic (exact) mass is 869 g/mol. The number of rotatable bonds is 14. The van der Waals surface area contributed by atoms with Crippen molar-refractivity contribution in [2.24, 2.45) is 28.1 Å². The predicted molar refractivity (Wildman–Crippen MR) is 234 cm³/mol. The van der Waals surface area contributed by atoms with Crippen LogP contribution in [0.4, 0.5) is 0 Å². The molecule has 7 amide bonds. The number of benzene rings is 2. The lowest BCUT2D eigenvalue weighted by molar-refractivity contribution is -0.142. The number of carbonyl (C=O) groups is 8. The van der Waals surface area contributed by atoms with E-state index in [1.165, 1.54) is 11.8 Å². The third kappa shape index (κ3) is 13.9. The van der Waals surface area contributed by atoms with E-state index in [2.05, 4.69) is 36.6 Å². The van der Waals surface area contributed by atoms with Gasteiger partial charge in [0.15, 0.2) is 11.7 Å². The topological polar surface area (TPSA) is 306 Å². The van der Waals surface area contributed by atoms with Gasteiger partial charge in [0.2, 0.25) is 41.4 Å². The van der Waals surface area contributed by atoms with Crippen LogP contribution >= 0.6 is 0 Å². The minimum absolute atomic E-state index is 0.0399. The summed E-state index contributed by atoms with van der Waals surface area (Å²) in [4.78, 5) is 118. The van der Waals surface area contributed by atoms with Gasteiger partial charge in [0.1, 0.15) is 24.2 Å². The molecule has 19 nitrogen and oxygen atoms in total. The first-order valence-corrected chi connectivity index (χ1v) is 21.4. The van der Waals surface area contributed by atoms with Crippen LogP contribution in [0.3, 0.4) is 0 Å². The van der Waals surface area contributed by atoms with Crippen molar-refractivity contribution in [3.8, 4) is 0 Å². The molecule has 63 heavy (non-hydrogen) atoms. The van der Waals surface area contributed by atoms with E-state index in [1.807, 2.05) is 42.5 Å². The van der Waals surface area contributed by atoms with Gasteiger partial charge in [0, 0.05) is 75.3 Å². The Kier molecular flexibility index (Phi) is 17.2. The Bertz CT molecular complexity index is 2150. The molecule has 2 aliphatic rings. The number of nitrogens with zero attached hydrogens (tertiary/aromatic N) is 2. The van der Waals surface area contributed by atoms with Crippen molar-refractivity contribution in [3.63, 3.8) is 0 Å². The Labute approximate surface area is 365 Å². The molecule has 1 aromatic heterocycles. The molecule has 0 unspecified atom stereocenters. The fourth-order valence-corrected chi connectivity index (χ4v) is 8.12. The molecule has 338 valence electrons. The molecule has 2 aliphatic heterocycles. The molecule has 2 saturated heterocycles. The van der Waals surface area contributed by atoms with Crippen LogP contribution in [0, 0.1) is 5.92 Å². The van der Waals surface area contributed by atoms with E-state index < -0.39 is 83.3 Å². The second kappa shape index (κ2) is 22.9. The predicted octanol–water partition coefficient (Wildman–Crippen LogP) is -0.292. The number of hydrogen-bond acceptors (Lipinski definition) is 9. The van der Waals surface area contributed by atoms with Crippen LogP contribution in [-0.4, -0.2) is 113 Å². The van der Waals surface area contributed by atoms with Crippen LogP contribution in [-0.2, 0) is 51.2 Å². The van der Waals surface area contributed by atoms with Gasteiger partial charge < -0.3 is 53.7 Å². The maximum absolute atomic E-state index is 14.4. The number of primary amides is 1. The number of carbonyl (C=O) groups excluding carboxylic acids is 8. The second-order valence-corrected chi connectivity index (χ2v) is 16.1. The van der Waals surface area contributed by atoms with Gasteiger partial charge in [-0.1, -0.05) is 48.5 Å². The van der Waals surface area contributed by atoms with Gasteiger partial charge in [-0.05, 0) is 62.1 Å². The lowest BCUT2D eigenvalue weighted by atomic mass is 9.90. The molecule has 0 bridgehead atoms. The van der Waals surface area contributed by atoms with E-state index in [-0.39, 0.29) is 83.4 Å². The summed E-state index contributed by atoms with van der Waals surface area (Å²) in [6, 6.07) is 10.7. The van der Waals surface area contributed by atoms with Crippen LogP contribution in [0.5, 0.6) is 0 Å². The molecule has 3 aromatic rings. The number of fused-ring (bicyclic) bond motifs is 2. The number of nitrogens with two attached hydrogens (primary N) is 3. The highest BCUT2D eigenvalue weighted by Crippen LogP contribution is 2.23. The van der Waals surface area contributed by atoms with Gasteiger partial charge in [0.05, 0.1) is 6.04 Å². The summed E-state index contributed by atoms with van der Waals surface area (Å²) in [5.41, 5.74) is 18.8. The Morgan fingerprint density at radius 3 is 2.33 bits per heavy atom. The maximum atomic E-state index is 14.4. The number of Topliss-reactive ketones (excluding diaryl/α,β-unsaturated/α-hetero) is 1. The van der Waals surface area contributed by atoms with Crippen molar-refractivity contribution in [3.05, 3.63) is 71.9 Å². The lowest BCUT2D eigenvalue weighted by Crippen LogP contribution is -2.59. The van der Waals surface area contributed by atoms with Crippen LogP contribution < -0.4 is 43.8 Å². The molecule has 0 spiro atoms. The van der Waals surface area contributed by atoms with Gasteiger partial charge in [-0.15, -0.1) is 0 Å². The maximum Gasteiger partial charge on any atom is 0.245 e. The van der Waals surface area contributed by atoms with E-state index in [4.69, 9.17) is 17.2 Å². The number of guanidine groups is 1. The Hall–Kier alpha value is -6.79. The highest BCUT2D eigenvalue weighted by molar-refractivity contribution is 5.98. The van der Waals surface area contributed by atoms with Crippen molar-refractivity contribution < 1.29 is 38.4 Å². The van der Waals surface area contributed by atoms with Crippen molar-refractivity contribution >= 4 is 64.0 Å². The average Bonchev–Trinajstić information content (AvgIpc) is 3.91. The molecule has 0 aliphatic carbocycles. The normalized spacial score (nSPS) is 22.1. The molecule has 2 fully saturated rings. The zero-order valence-corrected chi connectivity index (χ0v) is 35.5. The van der Waals surface area contributed by atoms with Gasteiger partial charge in [0.25, 0.3) is 0 Å². The zero-order chi connectivity index (χ0) is 45.5. The third-order valence-electron chi connectivity index (χ3n) is 11.3. The van der Waals surface area contributed by atoms with Crippen LogP contribution in [0.2, 0.25) is 0 Å². The van der Waals surface area contributed by atoms with E-state index in [9.17, 15) is 38.4 Å². The van der Waals surface area contributed by atoms with Crippen molar-refractivity contribution in [2.45, 2.75) is 108 Å². The minimum atomic E-state index is -1.34. The SMILES string of the molecule is CC(=O)N[C@@H](Cc1ccccc1)C(=O)N[C@H]1CCCNC(=O)[C@H](CCCN=C(N)N)CC(=O)[C@H](Cc2c[nH]c3ccccc23)NC(=O)[C@@H](CCC(N)=O)NC(=O)[C@@H]2CCCN2C1=O. The fraction of sp³-hybridized carbons (Fsp3) is 0.477. The van der Waals surface area contributed by atoms with E-state index in [0.717, 1.165) is 22.0 Å². The number of aromatic amines is 1. The van der Waals surface area contributed by atoms with Gasteiger partial charge in [-0.2, -0.15) is 0 Å². The second-order valence-electron chi connectivity index (χ2n) is 16.1. The number of aromatic nitrogens is 1. The minimum Gasteiger partial charge on any atom is -0.370 e. The molecule has 3 heterocycles. The Balaban J connectivity index is 1.47. The lowest BCUT2D eigenvalue weighted by Gasteiger charge is -2.31. The molecular weight excluding hydrogens is 811 g/mol. The molecule has 0 radical (unpaired) electrons. The highest BCUT2D eigenvalue weighted by Gasteiger charge is 2.40. The molecule has 12 N–H and O–H groups in total. The van der Waals surface area contributed by atoms with Gasteiger partial charge in [-0.3, -0.25) is 43.3 Å². The first kappa shape index (κ1) is 47.3. The summed E-state index contributed by atoms with van der Waals surface area (Å²) < 4.78 is 0. The average molecular weight is 870 g/mol. The number of ketones is 1. The fourth-order valence-electron chi connectivity index (χ4n) is 8.12. The van der Waals surface area contributed by atoms with Crippen LogP contribution in [0.25, 0.3) is 10.9 Å². The molecule has 6 atom stereocenters. The summed E-state index contributed by atoms with van der Waals surface area (Å²) in [6.45, 7) is 1.71. The quantitative estimate of drug-likeness (QED) is 0.0579. The standard InChI is InChI=1S/C44H59N11O8/c1-26(56)51-35(22-27-10-3-2-4-11-27)41(61)53-33-15-8-19-48-39(59)28(12-7-20-49-44(46)47)24-37(57)34(23-29-25-50-31-14-6-5-13-30(29)31)54-40(60)32(17-18-38(45)58)52-42(62)36-16-9-21-55(36)43(33)63/h2-6,10-11,13-14,25,28,32-36,50H,7-9,12,15-24H2,1H3,(H2,45,58)(H,48,59)(H,51,56)(H,52,62)(H,53,61)(H,54,60)(H4,46,47,49)/t28-,32-,33+,34+,35+,36+/m1/s1. The Morgan fingerprint density at radius 1 is 0.873 bits per heavy atom. The summed E-state index contributed by atoms with van der Waals surface area (Å²) in [5.74, 6) is -5.68. The van der Waals surface area contributed by atoms with Crippen molar-refractivity contribution in [1.82, 2.24) is 36.5 Å². The van der Waals surface area contributed by atoms with E-state index in [1.54, 1.807) is 18.3 Å². The summed E-state index contributed by atoms with van der Waals surface area (Å²) in [6.07, 6.45) is 2.64. The highest BCUT2D eigenvalue weighted by atomic mass is 16.2. The van der Waals surface area contributed by atoms with Crippen molar-refractivity contribution in [2.75, 3.05) is 19.6 Å². The number of hydrogen-bond donors (Lipinski definition) is 9. The third-order valence-corrected chi connectivity index (χ3v) is 11.3. The number of aliphatic imine (C=N–C) groups is 1. The van der Waals surface area contributed by atoms with E-state index in [0.29, 0.717) is 12.8 Å². The number of para-hydroxylation sites is 1. The number of nitrogens with one attached hydrogen (secondary N) is 6. The molecule has 0 saturated carbocycles. The summed E-state index contributed by atoms with van der Waals surface area (Å²) in [5, 5.41) is 14.7. The summed E-state index contributed by atoms with van der Waals surface area (Å²) >= 11 is 0. The first-order valence-electron chi connectivity index (χ1n) is 21.4. The molecular formula is C44H59N11O8. The number of amides is 7. The zero-order valence-electron chi connectivity index (χ0n) is 35.5.